The van der Waals surface area contributed by atoms with Crippen molar-refractivity contribution in [2.75, 3.05) is 7.11 Å². The third-order valence-electron chi connectivity index (χ3n) is 3.67. The van der Waals surface area contributed by atoms with Gasteiger partial charge in [0, 0.05) is 22.6 Å². The number of methoxy groups -OCH3 is 1. The predicted octanol–water partition coefficient (Wildman–Crippen LogP) is 5.01. The summed E-state index contributed by atoms with van der Waals surface area (Å²) in [6.07, 6.45) is 1.05. The molecule has 0 saturated carbocycles. The Morgan fingerprint density at radius 2 is 1.86 bits per heavy atom. The molecule has 1 unspecified atom stereocenters. The second-order valence-electron chi connectivity index (χ2n) is 5.21. The summed E-state index contributed by atoms with van der Waals surface area (Å²) in [5.41, 5.74) is 3.79. The lowest BCUT2D eigenvalue weighted by Crippen LogP contribution is -2.20. The molecule has 0 aromatic heterocycles. The summed E-state index contributed by atoms with van der Waals surface area (Å²) in [5, 5.41) is 3.62. The molecule has 2 aromatic rings. The van der Waals surface area contributed by atoms with E-state index in [0.29, 0.717) is 6.04 Å². The molecule has 2 aromatic carbocycles. The van der Waals surface area contributed by atoms with Crippen LogP contribution in [0.4, 0.5) is 0 Å². The van der Waals surface area contributed by atoms with Crippen LogP contribution in [-0.2, 0) is 6.54 Å². The lowest BCUT2D eigenvalue weighted by Gasteiger charge is -2.19. The van der Waals surface area contributed by atoms with E-state index in [2.05, 4.69) is 65.4 Å². The van der Waals surface area contributed by atoms with Crippen LogP contribution in [0.5, 0.6) is 5.75 Å². The highest BCUT2D eigenvalue weighted by Gasteiger charge is 2.10. The maximum absolute atomic E-state index is 5.43. The fourth-order valence-corrected chi connectivity index (χ4v) is 2.82. The molecule has 1 atom stereocenters. The van der Waals surface area contributed by atoms with Gasteiger partial charge < -0.3 is 10.1 Å². The quantitative estimate of drug-likeness (QED) is 0.793. The van der Waals surface area contributed by atoms with Crippen LogP contribution in [-0.4, -0.2) is 7.11 Å². The van der Waals surface area contributed by atoms with Gasteiger partial charge in [-0.2, -0.15) is 0 Å². The number of benzene rings is 2. The second-order valence-corrected chi connectivity index (χ2v) is 6.12. The van der Waals surface area contributed by atoms with Gasteiger partial charge in [-0.25, -0.2) is 0 Å². The van der Waals surface area contributed by atoms with Gasteiger partial charge in [0.25, 0.3) is 0 Å². The molecule has 0 fully saturated rings. The summed E-state index contributed by atoms with van der Waals surface area (Å²) >= 11 is 3.52. The highest BCUT2D eigenvalue weighted by atomic mass is 79.9. The fourth-order valence-electron chi connectivity index (χ4n) is 2.42. The first kappa shape index (κ1) is 16.1. The summed E-state index contributed by atoms with van der Waals surface area (Å²) in [7, 11) is 1.71. The van der Waals surface area contributed by atoms with Gasteiger partial charge in [-0.1, -0.05) is 52.7 Å². The minimum atomic E-state index is 0.356. The summed E-state index contributed by atoms with van der Waals surface area (Å²) < 4.78 is 6.50. The van der Waals surface area contributed by atoms with Gasteiger partial charge in [0.05, 0.1) is 7.11 Å². The Bertz CT molecular complexity index is 580. The molecular weight excluding hydrogens is 326 g/mol. The first-order valence-electron chi connectivity index (χ1n) is 7.26. The molecule has 0 saturated heterocycles. The van der Waals surface area contributed by atoms with Gasteiger partial charge in [-0.3, -0.25) is 0 Å². The van der Waals surface area contributed by atoms with E-state index >= 15 is 0 Å². The van der Waals surface area contributed by atoms with Crippen LogP contribution in [0.1, 0.15) is 36.1 Å². The molecule has 0 radical (unpaired) electrons. The summed E-state index contributed by atoms with van der Waals surface area (Å²) in [6.45, 7) is 5.11. The Labute approximate surface area is 135 Å². The number of rotatable bonds is 6. The smallest absolute Gasteiger partial charge is 0.123 e. The molecule has 0 aliphatic heterocycles. The predicted molar refractivity (Wildman–Crippen MR) is 91.7 cm³/mol. The van der Waals surface area contributed by atoms with E-state index in [1.165, 1.54) is 11.1 Å². The molecule has 21 heavy (non-hydrogen) atoms. The topological polar surface area (TPSA) is 21.3 Å². The van der Waals surface area contributed by atoms with Crippen LogP contribution in [0.3, 0.4) is 0 Å². The van der Waals surface area contributed by atoms with Crippen LogP contribution < -0.4 is 10.1 Å². The lowest BCUT2D eigenvalue weighted by atomic mass is 10.0. The molecule has 0 heterocycles. The van der Waals surface area contributed by atoms with Gasteiger partial charge in [0.1, 0.15) is 5.75 Å². The molecule has 0 aliphatic carbocycles. The van der Waals surface area contributed by atoms with Crippen LogP contribution in [0.25, 0.3) is 0 Å². The van der Waals surface area contributed by atoms with Crippen molar-refractivity contribution < 1.29 is 4.74 Å². The first-order valence-corrected chi connectivity index (χ1v) is 8.05. The van der Waals surface area contributed by atoms with Gasteiger partial charge in [0.2, 0.25) is 0 Å². The average Bonchev–Trinajstić information content (AvgIpc) is 2.50. The summed E-state index contributed by atoms with van der Waals surface area (Å²) in [4.78, 5) is 0. The summed E-state index contributed by atoms with van der Waals surface area (Å²) in [6, 6.07) is 15.2. The van der Waals surface area contributed by atoms with Crippen LogP contribution in [0.2, 0.25) is 0 Å². The first-order chi connectivity index (χ1) is 10.1. The zero-order valence-corrected chi connectivity index (χ0v) is 14.4. The van der Waals surface area contributed by atoms with Crippen LogP contribution in [0.15, 0.2) is 46.9 Å². The van der Waals surface area contributed by atoms with Gasteiger partial charge >= 0.3 is 0 Å². The standard InChI is InChI=1S/C18H22BrNO/c1-4-17(14-7-5-13(2)6-8-14)20-12-15-11-16(19)9-10-18(15)21-3/h5-11,17,20H,4,12H2,1-3H3. The zero-order chi connectivity index (χ0) is 15.2. The van der Waals surface area contributed by atoms with Crippen molar-refractivity contribution in [1.82, 2.24) is 5.32 Å². The lowest BCUT2D eigenvalue weighted by molar-refractivity contribution is 0.404. The Balaban J connectivity index is 2.10. The highest BCUT2D eigenvalue weighted by molar-refractivity contribution is 9.10. The largest absolute Gasteiger partial charge is 0.496 e. The summed E-state index contributed by atoms with van der Waals surface area (Å²) in [5.74, 6) is 0.921. The monoisotopic (exact) mass is 347 g/mol. The third kappa shape index (κ3) is 4.32. The van der Waals surface area contributed by atoms with E-state index in [1.54, 1.807) is 7.11 Å². The molecule has 0 amide bonds. The Morgan fingerprint density at radius 1 is 1.14 bits per heavy atom. The molecule has 0 bridgehead atoms. The molecule has 0 aliphatic rings. The number of halogens is 1. The fraction of sp³-hybridized carbons (Fsp3) is 0.333. The molecular formula is C18H22BrNO. The number of aryl methyl sites for hydroxylation is 1. The number of ether oxygens (including phenoxy) is 1. The Morgan fingerprint density at radius 3 is 2.48 bits per heavy atom. The minimum absolute atomic E-state index is 0.356. The van der Waals surface area contributed by atoms with Crippen molar-refractivity contribution in [1.29, 1.82) is 0 Å². The zero-order valence-electron chi connectivity index (χ0n) is 12.8. The van der Waals surface area contributed by atoms with Crippen molar-refractivity contribution in [2.24, 2.45) is 0 Å². The van der Waals surface area contributed by atoms with E-state index in [-0.39, 0.29) is 0 Å². The van der Waals surface area contributed by atoms with Crippen molar-refractivity contribution in [3.63, 3.8) is 0 Å². The van der Waals surface area contributed by atoms with E-state index in [4.69, 9.17) is 4.74 Å². The van der Waals surface area contributed by atoms with Crippen molar-refractivity contribution in [3.05, 3.63) is 63.6 Å². The maximum atomic E-state index is 5.43. The van der Waals surface area contributed by atoms with Crippen LogP contribution >= 0.6 is 15.9 Å². The van der Waals surface area contributed by atoms with Crippen LogP contribution in [0, 0.1) is 6.92 Å². The molecule has 1 N–H and O–H groups in total. The molecule has 112 valence electrons. The van der Waals surface area contributed by atoms with E-state index in [0.717, 1.165) is 28.8 Å². The Kier molecular flexibility index (Phi) is 5.83. The normalized spacial score (nSPS) is 12.2. The SMILES string of the molecule is CCC(NCc1cc(Br)ccc1OC)c1ccc(C)cc1. The van der Waals surface area contributed by atoms with Gasteiger partial charge in [-0.15, -0.1) is 0 Å². The molecule has 3 heteroatoms. The van der Waals surface area contributed by atoms with E-state index < -0.39 is 0 Å². The van der Waals surface area contributed by atoms with Gasteiger partial charge in [0.15, 0.2) is 0 Å². The highest BCUT2D eigenvalue weighted by Crippen LogP contribution is 2.24. The third-order valence-corrected chi connectivity index (χ3v) is 4.16. The van der Waals surface area contributed by atoms with Gasteiger partial charge in [-0.05, 0) is 37.1 Å². The van der Waals surface area contributed by atoms with E-state index in [9.17, 15) is 0 Å². The minimum Gasteiger partial charge on any atom is -0.496 e. The van der Waals surface area contributed by atoms with E-state index in [1.807, 2.05) is 12.1 Å². The molecule has 2 nitrogen and oxygen atoms in total. The maximum Gasteiger partial charge on any atom is 0.123 e. The number of hydrogen-bond donors (Lipinski definition) is 1. The molecule has 2 rings (SSSR count). The number of hydrogen-bond acceptors (Lipinski definition) is 2. The number of nitrogens with one attached hydrogen (secondary N) is 1. The second kappa shape index (κ2) is 7.62. The van der Waals surface area contributed by atoms with Crippen molar-refractivity contribution in [2.45, 2.75) is 32.9 Å². The Hall–Kier alpha value is -1.32. The van der Waals surface area contributed by atoms with Crippen molar-refractivity contribution >= 4 is 15.9 Å². The van der Waals surface area contributed by atoms with Crippen molar-refractivity contribution in [3.8, 4) is 5.75 Å². The molecule has 0 spiro atoms. The average molecular weight is 348 g/mol.